The Morgan fingerprint density at radius 3 is 3.06 bits per heavy atom. The lowest BCUT2D eigenvalue weighted by Crippen LogP contribution is -2.30. The fourth-order valence-electron chi connectivity index (χ4n) is 2.89. The standard InChI is InChI=1S/C12H16N2OS/c15-10(7-11-14-5-6-16-11)9-8-12(9)1-3-13-4-2-12/h5-6,9,13H,1-4,7-8H2. The molecular formula is C12H16N2OS. The van der Waals surface area contributed by atoms with Gasteiger partial charge in [0, 0.05) is 17.5 Å². The molecule has 0 radical (unpaired) electrons. The SMILES string of the molecule is O=C(Cc1nccs1)C1CC12CCNCC2. The number of nitrogens with zero attached hydrogens (tertiary/aromatic N) is 1. The Morgan fingerprint density at radius 2 is 2.38 bits per heavy atom. The van der Waals surface area contributed by atoms with Crippen LogP contribution in [0, 0.1) is 11.3 Å². The summed E-state index contributed by atoms with van der Waals surface area (Å²) in [6.07, 6.45) is 5.82. The van der Waals surface area contributed by atoms with E-state index in [2.05, 4.69) is 10.3 Å². The molecule has 1 aromatic rings. The molecule has 86 valence electrons. The van der Waals surface area contributed by atoms with Crippen molar-refractivity contribution in [1.29, 1.82) is 0 Å². The first kappa shape index (κ1) is 10.4. The van der Waals surface area contributed by atoms with Crippen LogP contribution in [0.15, 0.2) is 11.6 Å². The van der Waals surface area contributed by atoms with Gasteiger partial charge in [0.15, 0.2) is 0 Å². The lowest BCUT2D eigenvalue weighted by Gasteiger charge is -2.23. The third-order valence-electron chi connectivity index (χ3n) is 3.99. The van der Waals surface area contributed by atoms with Gasteiger partial charge in [0.25, 0.3) is 0 Å². The second-order valence-electron chi connectivity index (χ2n) is 4.94. The molecular weight excluding hydrogens is 220 g/mol. The highest BCUT2D eigenvalue weighted by atomic mass is 32.1. The monoisotopic (exact) mass is 236 g/mol. The molecule has 1 unspecified atom stereocenters. The van der Waals surface area contributed by atoms with Gasteiger partial charge in [0.2, 0.25) is 0 Å². The Balaban J connectivity index is 1.61. The summed E-state index contributed by atoms with van der Waals surface area (Å²) in [5.74, 6) is 0.746. The Morgan fingerprint density at radius 1 is 1.56 bits per heavy atom. The summed E-state index contributed by atoms with van der Waals surface area (Å²) in [5.41, 5.74) is 0.375. The van der Waals surface area contributed by atoms with E-state index < -0.39 is 0 Å². The number of carbonyl (C=O) groups excluding carboxylic acids is 1. The van der Waals surface area contributed by atoms with Gasteiger partial charge in [-0.05, 0) is 37.8 Å². The van der Waals surface area contributed by atoms with E-state index in [0.717, 1.165) is 24.5 Å². The molecule has 1 spiro atoms. The van der Waals surface area contributed by atoms with Gasteiger partial charge in [-0.25, -0.2) is 4.98 Å². The second kappa shape index (κ2) is 3.93. The Kier molecular flexibility index (Phi) is 2.56. The van der Waals surface area contributed by atoms with Gasteiger partial charge >= 0.3 is 0 Å². The number of thiazole rings is 1. The number of nitrogens with one attached hydrogen (secondary N) is 1. The van der Waals surface area contributed by atoms with Crippen molar-refractivity contribution >= 4 is 17.1 Å². The van der Waals surface area contributed by atoms with Gasteiger partial charge in [-0.3, -0.25) is 4.79 Å². The maximum atomic E-state index is 12.1. The molecule has 1 aliphatic heterocycles. The van der Waals surface area contributed by atoms with Crippen LogP contribution in [0.2, 0.25) is 0 Å². The summed E-state index contributed by atoms with van der Waals surface area (Å²) in [4.78, 5) is 16.3. The first-order valence-electron chi connectivity index (χ1n) is 5.92. The summed E-state index contributed by atoms with van der Waals surface area (Å²) in [5, 5.41) is 6.28. The minimum absolute atomic E-state index is 0.332. The number of rotatable bonds is 3. The molecule has 0 aromatic carbocycles. The maximum absolute atomic E-state index is 12.1. The van der Waals surface area contributed by atoms with Gasteiger partial charge in [-0.15, -0.1) is 11.3 Å². The summed E-state index contributed by atoms with van der Waals surface area (Å²) in [6.45, 7) is 2.17. The highest BCUT2D eigenvalue weighted by Crippen LogP contribution is 2.59. The van der Waals surface area contributed by atoms with Crippen LogP contribution in [0.5, 0.6) is 0 Å². The average molecular weight is 236 g/mol. The maximum Gasteiger partial charge on any atom is 0.143 e. The largest absolute Gasteiger partial charge is 0.317 e. The molecule has 1 saturated heterocycles. The molecule has 2 fully saturated rings. The van der Waals surface area contributed by atoms with E-state index in [-0.39, 0.29) is 0 Å². The van der Waals surface area contributed by atoms with Crippen molar-refractivity contribution in [3.8, 4) is 0 Å². The third-order valence-corrected chi connectivity index (χ3v) is 4.77. The smallest absolute Gasteiger partial charge is 0.143 e. The van der Waals surface area contributed by atoms with Crippen molar-refractivity contribution in [2.75, 3.05) is 13.1 Å². The Bertz CT molecular complexity index is 382. The third kappa shape index (κ3) is 1.80. The van der Waals surface area contributed by atoms with Gasteiger partial charge in [-0.2, -0.15) is 0 Å². The molecule has 1 aromatic heterocycles. The van der Waals surface area contributed by atoms with Gasteiger partial charge in [-0.1, -0.05) is 0 Å². The number of Topliss-reactive ketones (excluding diaryl/α,β-unsaturated/α-hetero) is 1. The lowest BCUT2D eigenvalue weighted by atomic mass is 9.90. The number of carbonyl (C=O) groups is 1. The van der Waals surface area contributed by atoms with E-state index in [1.54, 1.807) is 17.5 Å². The molecule has 1 N–H and O–H groups in total. The molecule has 2 heterocycles. The summed E-state index contributed by atoms with van der Waals surface area (Å²) < 4.78 is 0. The molecule has 1 atom stereocenters. The second-order valence-corrected chi connectivity index (χ2v) is 5.92. The predicted octanol–water partition coefficient (Wildman–Crippen LogP) is 1.64. The summed E-state index contributed by atoms with van der Waals surface area (Å²) >= 11 is 1.59. The number of hydrogen-bond acceptors (Lipinski definition) is 4. The zero-order valence-electron chi connectivity index (χ0n) is 9.24. The first-order valence-corrected chi connectivity index (χ1v) is 6.80. The van der Waals surface area contributed by atoms with Gasteiger partial charge in [0.1, 0.15) is 5.78 Å². The van der Waals surface area contributed by atoms with Crippen LogP contribution >= 0.6 is 11.3 Å². The average Bonchev–Trinajstić information content (AvgIpc) is 2.76. The molecule has 3 rings (SSSR count). The van der Waals surface area contributed by atoms with Crippen LogP contribution in [0.3, 0.4) is 0 Å². The minimum Gasteiger partial charge on any atom is -0.317 e. The molecule has 3 nitrogen and oxygen atoms in total. The quantitative estimate of drug-likeness (QED) is 0.867. The number of hydrogen-bond donors (Lipinski definition) is 1. The highest BCUT2D eigenvalue weighted by molar-refractivity contribution is 7.09. The van der Waals surface area contributed by atoms with E-state index >= 15 is 0 Å². The molecule has 4 heteroatoms. The zero-order valence-corrected chi connectivity index (χ0v) is 10.1. The number of piperidine rings is 1. The molecule has 1 saturated carbocycles. The predicted molar refractivity (Wildman–Crippen MR) is 63.5 cm³/mol. The highest BCUT2D eigenvalue weighted by Gasteiger charge is 2.56. The molecule has 0 amide bonds. The van der Waals surface area contributed by atoms with E-state index in [0.29, 0.717) is 23.5 Å². The van der Waals surface area contributed by atoms with Crippen molar-refractivity contribution in [2.24, 2.45) is 11.3 Å². The van der Waals surface area contributed by atoms with Crippen molar-refractivity contribution in [2.45, 2.75) is 25.7 Å². The van der Waals surface area contributed by atoms with Crippen molar-refractivity contribution < 1.29 is 4.79 Å². The molecule has 2 aliphatic rings. The topological polar surface area (TPSA) is 42.0 Å². The molecule has 1 aliphatic carbocycles. The summed E-state index contributed by atoms with van der Waals surface area (Å²) in [6, 6.07) is 0. The van der Waals surface area contributed by atoms with Crippen molar-refractivity contribution in [1.82, 2.24) is 10.3 Å². The first-order chi connectivity index (χ1) is 7.80. The van der Waals surface area contributed by atoms with Crippen LogP contribution in [-0.2, 0) is 11.2 Å². The number of aromatic nitrogens is 1. The van der Waals surface area contributed by atoms with Crippen molar-refractivity contribution in [3.63, 3.8) is 0 Å². The zero-order chi connectivity index (χ0) is 11.0. The lowest BCUT2D eigenvalue weighted by molar-refractivity contribution is -0.120. The minimum atomic E-state index is 0.332. The van der Waals surface area contributed by atoms with E-state index in [1.165, 1.54) is 12.8 Å². The fourth-order valence-corrected chi connectivity index (χ4v) is 3.52. The molecule has 0 bridgehead atoms. The summed E-state index contributed by atoms with van der Waals surface area (Å²) in [7, 11) is 0. The van der Waals surface area contributed by atoms with Crippen LogP contribution in [-0.4, -0.2) is 23.9 Å². The Hall–Kier alpha value is -0.740. The van der Waals surface area contributed by atoms with Crippen LogP contribution in [0.4, 0.5) is 0 Å². The van der Waals surface area contributed by atoms with E-state index in [9.17, 15) is 4.79 Å². The fraction of sp³-hybridized carbons (Fsp3) is 0.667. The van der Waals surface area contributed by atoms with Crippen LogP contribution in [0.1, 0.15) is 24.3 Å². The molecule has 16 heavy (non-hydrogen) atoms. The van der Waals surface area contributed by atoms with E-state index in [1.807, 2.05) is 5.38 Å². The Labute approximate surface area is 99.3 Å². The van der Waals surface area contributed by atoms with Crippen LogP contribution in [0.25, 0.3) is 0 Å². The van der Waals surface area contributed by atoms with Gasteiger partial charge < -0.3 is 5.32 Å². The van der Waals surface area contributed by atoms with Gasteiger partial charge in [0.05, 0.1) is 11.4 Å². The van der Waals surface area contributed by atoms with Crippen LogP contribution < -0.4 is 5.32 Å². The van der Waals surface area contributed by atoms with E-state index in [4.69, 9.17) is 0 Å². The normalized spacial score (nSPS) is 26.9. The van der Waals surface area contributed by atoms with Crippen molar-refractivity contribution in [3.05, 3.63) is 16.6 Å². The number of ketones is 1.